The third-order valence-corrected chi connectivity index (χ3v) is 6.62. The number of rotatable bonds is 9. The van der Waals surface area contributed by atoms with Crippen LogP contribution in [0.5, 0.6) is 11.6 Å². The second-order valence-corrected chi connectivity index (χ2v) is 9.50. The van der Waals surface area contributed by atoms with Crippen molar-refractivity contribution in [1.82, 2.24) is 15.4 Å². The molecule has 1 aliphatic rings. The molecule has 1 unspecified atom stereocenters. The summed E-state index contributed by atoms with van der Waals surface area (Å²) in [5, 5.41) is 10.2. The molecule has 1 aromatic heterocycles. The molecule has 0 bridgehead atoms. The Morgan fingerprint density at radius 3 is 2.61 bits per heavy atom. The van der Waals surface area contributed by atoms with Gasteiger partial charge < -0.3 is 20.1 Å². The summed E-state index contributed by atoms with van der Waals surface area (Å²) in [5.41, 5.74) is 9.43. The van der Waals surface area contributed by atoms with Crippen LogP contribution < -0.4 is 20.7 Å². The number of pyridine rings is 1. The average molecular weight is 493 g/mol. The SMILES string of the molecule is COc1cc(COc2ccc([C@]3(N)CCN(C(CC(C)C)C(=O)NO)C3=O)cc2)c2ccccc2n1. The van der Waals surface area contributed by atoms with E-state index in [4.69, 9.17) is 20.4 Å². The highest BCUT2D eigenvalue weighted by molar-refractivity contribution is 5.94. The van der Waals surface area contributed by atoms with Gasteiger partial charge in [0.2, 0.25) is 11.8 Å². The van der Waals surface area contributed by atoms with E-state index in [0.717, 1.165) is 16.5 Å². The van der Waals surface area contributed by atoms with Crippen molar-refractivity contribution in [1.29, 1.82) is 0 Å². The number of methoxy groups -OCH3 is 1. The number of nitrogens with two attached hydrogens (primary N) is 1. The summed E-state index contributed by atoms with van der Waals surface area (Å²) in [7, 11) is 1.58. The second-order valence-electron chi connectivity index (χ2n) is 9.50. The predicted octanol–water partition coefficient (Wildman–Crippen LogP) is 3.13. The Morgan fingerprint density at radius 2 is 1.94 bits per heavy atom. The molecule has 0 radical (unpaired) electrons. The Morgan fingerprint density at radius 1 is 1.22 bits per heavy atom. The van der Waals surface area contributed by atoms with E-state index < -0.39 is 17.5 Å². The summed E-state index contributed by atoms with van der Waals surface area (Å²) in [4.78, 5) is 31.5. The fourth-order valence-corrected chi connectivity index (χ4v) is 4.68. The van der Waals surface area contributed by atoms with Crippen LogP contribution in [0.3, 0.4) is 0 Å². The first-order valence-corrected chi connectivity index (χ1v) is 12.0. The first-order valence-electron chi connectivity index (χ1n) is 12.0. The zero-order chi connectivity index (χ0) is 25.9. The molecule has 0 saturated carbocycles. The fourth-order valence-electron chi connectivity index (χ4n) is 4.68. The molecular formula is C27H32N4O5. The Hall–Kier alpha value is -3.69. The van der Waals surface area contributed by atoms with E-state index in [-0.39, 0.29) is 11.8 Å². The number of likely N-dealkylation sites (tertiary alicyclic amines) is 1. The van der Waals surface area contributed by atoms with Crippen molar-refractivity contribution in [3.63, 3.8) is 0 Å². The van der Waals surface area contributed by atoms with E-state index in [1.807, 2.05) is 44.2 Å². The van der Waals surface area contributed by atoms with E-state index in [1.54, 1.807) is 36.9 Å². The molecule has 2 atom stereocenters. The highest BCUT2D eigenvalue weighted by Crippen LogP contribution is 2.34. The molecule has 1 saturated heterocycles. The Labute approximate surface area is 210 Å². The third-order valence-electron chi connectivity index (χ3n) is 6.62. The van der Waals surface area contributed by atoms with Crippen molar-refractivity contribution < 1.29 is 24.3 Å². The molecule has 2 amide bonds. The number of ether oxygens (including phenoxy) is 2. The molecule has 9 nitrogen and oxygen atoms in total. The fraction of sp³-hybridized carbons (Fsp3) is 0.370. The van der Waals surface area contributed by atoms with Crippen molar-refractivity contribution in [2.24, 2.45) is 11.7 Å². The molecule has 3 aromatic rings. The zero-order valence-electron chi connectivity index (χ0n) is 20.7. The molecule has 4 rings (SSSR count). The Balaban J connectivity index is 1.49. The maximum Gasteiger partial charge on any atom is 0.266 e. The van der Waals surface area contributed by atoms with Crippen molar-refractivity contribution in [2.45, 2.75) is 44.9 Å². The number of para-hydroxylation sites is 1. The smallest absolute Gasteiger partial charge is 0.266 e. The zero-order valence-corrected chi connectivity index (χ0v) is 20.7. The standard InChI is InChI=1S/C27H32N4O5/c1-17(2)14-23(25(32)30-34)31-13-12-27(28,26(31)33)19-8-10-20(11-9-19)36-16-18-15-24(35-3)29-22-7-5-4-6-21(18)22/h4-11,15,17,23,34H,12-14,16,28H2,1-3H3,(H,30,32)/t23?,27-/m1/s1. The van der Waals surface area contributed by atoms with Crippen LogP contribution in [0.15, 0.2) is 54.6 Å². The van der Waals surface area contributed by atoms with Gasteiger partial charge in [0.25, 0.3) is 5.91 Å². The molecule has 1 aliphatic heterocycles. The van der Waals surface area contributed by atoms with Gasteiger partial charge in [0.05, 0.1) is 12.6 Å². The lowest BCUT2D eigenvalue weighted by Crippen LogP contribution is -2.52. The number of hydrogen-bond acceptors (Lipinski definition) is 7. The molecule has 190 valence electrons. The van der Waals surface area contributed by atoms with Gasteiger partial charge in [-0.1, -0.05) is 44.2 Å². The molecule has 1 fully saturated rings. The first kappa shape index (κ1) is 25.4. The third kappa shape index (κ3) is 4.98. The number of fused-ring (bicyclic) bond motifs is 1. The van der Waals surface area contributed by atoms with Crippen molar-refractivity contribution >= 4 is 22.7 Å². The summed E-state index contributed by atoms with van der Waals surface area (Å²) < 4.78 is 11.3. The number of carbonyl (C=O) groups excluding carboxylic acids is 2. The van der Waals surface area contributed by atoms with Gasteiger partial charge in [-0.25, -0.2) is 10.5 Å². The summed E-state index contributed by atoms with van der Waals surface area (Å²) >= 11 is 0. The number of nitrogens with one attached hydrogen (secondary N) is 1. The lowest BCUT2D eigenvalue weighted by atomic mass is 9.89. The van der Waals surface area contributed by atoms with Crippen LogP contribution in [-0.2, 0) is 21.7 Å². The summed E-state index contributed by atoms with van der Waals surface area (Å²) in [6.45, 7) is 4.55. The van der Waals surface area contributed by atoms with Gasteiger partial charge >= 0.3 is 0 Å². The minimum absolute atomic E-state index is 0.154. The summed E-state index contributed by atoms with van der Waals surface area (Å²) in [5.74, 6) is 0.359. The van der Waals surface area contributed by atoms with Gasteiger partial charge in [-0.05, 0) is 42.5 Å². The molecule has 4 N–H and O–H groups in total. The largest absolute Gasteiger partial charge is 0.489 e. The van der Waals surface area contributed by atoms with Gasteiger partial charge in [-0.2, -0.15) is 0 Å². The molecule has 9 heteroatoms. The Kier molecular flexibility index (Phi) is 7.42. The highest BCUT2D eigenvalue weighted by atomic mass is 16.5. The summed E-state index contributed by atoms with van der Waals surface area (Å²) in [6, 6.07) is 16.0. The van der Waals surface area contributed by atoms with Crippen molar-refractivity contribution in [2.75, 3.05) is 13.7 Å². The van der Waals surface area contributed by atoms with Crippen LogP contribution in [0.2, 0.25) is 0 Å². The van der Waals surface area contributed by atoms with E-state index in [2.05, 4.69) is 4.98 Å². The number of carbonyl (C=O) groups is 2. The number of hydroxylamine groups is 1. The van der Waals surface area contributed by atoms with Crippen LogP contribution in [0.1, 0.15) is 37.8 Å². The van der Waals surface area contributed by atoms with Gasteiger partial charge in [0.15, 0.2) is 0 Å². The van der Waals surface area contributed by atoms with E-state index in [9.17, 15) is 9.59 Å². The van der Waals surface area contributed by atoms with Crippen molar-refractivity contribution in [3.05, 3.63) is 65.7 Å². The maximum absolute atomic E-state index is 13.3. The van der Waals surface area contributed by atoms with Crippen LogP contribution in [0.25, 0.3) is 10.9 Å². The van der Waals surface area contributed by atoms with Crippen LogP contribution in [-0.4, -0.2) is 46.6 Å². The monoisotopic (exact) mass is 492 g/mol. The van der Waals surface area contributed by atoms with Gasteiger partial charge in [0.1, 0.15) is 23.9 Å². The predicted molar refractivity (Wildman–Crippen MR) is 134 cm³/mol. The quantitative estimate of drug-likeness (QED) is 0.309. The van der Waals surface area contributed by atoms with Crippen LogP contribution >= 0.6 is 0 Å². The molecule has 2 aromatic carbocycles. The topological polar surface area (TPSA) is 127 Å². The van der Waals surface area contributed by atoms with E-state index in [0.29, 0.717) is 43.2 Å². The Bertz CT molecular complexity index is 1250. The number of hydrogen-bond donors (Lipinski definition) is 3. The average Bonchev–Trinajstić information content (AvgIpc) is 3.20. The summed E-state index contributed by atoms with van der Waals surface area (Å²) in [6.07, 6.45) is 0.789. The van der Waals surface area contributed by atoms with Crippen LogP contribution in [0.4, 0.5) is 0 Å². The van der Waals surface area contributed by atoms with Crippen LogP contribution in [0, 0.1) is 5.92 Å². The minimum atomic E-state index is -1.25. The van der Waals surface area contributed by atoms with Gasteiger partial charge in [-0.15, -0.1) is 0 Å². The maximum atomic E-state index is 13.3. The molecular weight excluding hydrogens is 460 g/mol. The molecule has 0 spiro atoms. The normalized spacial score (nSPS) is 18.5. The molecule has 2 heterocycles. The van der Waals surface area contributed by atoms with E-state index >= 15 is 0 Å². The number of aromatic nitrogens is 1. The van der Waals surface area contributed by atoms with E-state index in [1.165, 1.54) is 4.90 Å². The first-order chi connectivity index (χ1) is 17.3. The molecule has 36 heavy (non-hydrogen) atoms. The van der Waals surface area contributed by atoms with Crippen molar-refractivity contribution in [3.8, 4) is 11.6 Å². The number of amides is 2. The van der Waals surface area contributed by atoms with Gasteiger partial charge in [0, 0.05) is 23.6 Å². The molecule has 0 aliphatic carbocycles. The lowest BCUT2D eigenvalue weighted by Gasteiger charge is -2.30. The number of benzene rings is 2. The lowest BCUT2D eigenvalue weighted by molar-refractivity contribution is -0.144. The second kappa shape index (κ2) is 10.5. The minimum Gasteiger partial charge on any atom is -0.489 e. The highest BCUT2D eigenvalue weighted by Gasteiger charge is 2.48. The number of nitrogens with zero attached hydrogens (tertiary/aromatic N) is 2. The van der Waals surface area contributed by atoms with Gasteiger partial charge in [-0.3, -0.25) is 14.8 Å².